The number of carbonyl (C=O) groups excluding carboxylic acids is 1. The van der Waals surface area contributed by atoms with Crippen LogP contribution >= 0.6 is 0 Å². The summed E-state index contributed by atoms with van der Waals surface area (Å²) in [5.74, 6) is -0.875. The molecule has 0 bridgehead atoms. The highest BCUT2D eigenvalue weighted by Gasteiger charge is 2.20. The molecule has 0 saturated heterocycles. The average molecular weight is 202 g/mol. The summed E-state index contributed by atoms with van der Waals surface area (Å²) in [6.45, 7) is 0. The highest BCUT2D eigenvalue weighted by atomic mass is 19.3. The van der Waals surface area contributed by atoms with E-state index in [0.717, 1.165) is 19.4 Å². The molecule has 1 rings (SSSR count). The monoisotopic (exact) mass is 202 g/mol. The molecule has 0 aromatic carbocycles. The summed E-state index contributed by atoms with van der Waals surface area (Å²) in [4.78, 5) is 14.4. The van der Waals surface area contributed by atoms with Gasteiger partial charge in [-0.05, 0) is 6.07 Å². The number of ether oxygens (including phenoxy) is 1. The first-order valence-corrected chi connectivity index (χ1v) is 3.68. The fourth-order valence-electron chi connectivity index (χ4n) is 0.939. The molecule has 2 N–H and O–H groups in total. The minimum atomic E-state index is -2.83. The number of esters is 1. The summed E-state index contributed by atoms with van der Waals surface area (Å²) in [6.07, 6.45) is -1.77. The van der Waals surface area contributed by atoms with E-state index in [-0.39, 0.29) is 11.3 Å². The Hall–Kier alpha value is -1.72. The Bertz CT molecular complexity index is 355. The smallest absolute Gasteiger partial charge is 0.340 e. The van der Waals surface area contributed by atoms with E-state index >= 15 is 0 Å². The predicted molar refractivity (Wildman–Crippen MR) is 44.9 cm³/mol. The van der Waals surface area contributed by atoms with Crippen LogP contribution in [0, 0.1) is 0 Å². The molecule has 1 aromatic heterocycles. The van der Waals surface area contributed by atoms with Crippen LogP contribution in [0.25, 0.3) is 0 Å². The predicted octanol–water partition coefficient (Wildman–Crippen LogP) is 1.39. The molecule has 0 atom stereocenters. The minimum absolute atomic E-state index is 0.134. The highest BCUT2D eigenvalue weighted by molar-refractivity contribution is 5.91. The Morgan fingerprint density at radius 2 is 2.29 bits per heavy atom. The number of methoxy groups -OCH3 is 1. The first-order chi connectivity index (χ1) is 6.56. The van der Waals surface area contributed by atoms with Crippen molar-refractivity contribution < 1.29 is 18.3 Å². The molecule has 0 fully saturated rings. The number of hydrogen-bond donors (Lipinski definition) is 1. The van der Waals surface area contributed by atoms with E-state index in [1.54, 1.807) is 0 Å². The number of pyridine rings is 1. The maximum atomic E-state index is 12.3. The zero-order chi connectivity index (χ0) is 10.7. The van der Waals surface area contributed by atoms with Crippen LogP contribution in [0.2, 0.25) is 0 Å². The van der Waals surface area contributed by atoms with Gasteiger partial charge in [0.2, 0.25) is 0 Å². The first-order valence-electron chi connectivity index (χ1n) is 3.68. The standard InChI is InChI=1S/C8H8F2N2O2/c1-14-8(13)5-2-4(11)3-12-6(5)7(9)10/h2-3,7H,11H2,1H3. The molecule has 0 unspecified atom stereocenters. The van der Waals surface area contributed by atoms with Crippen molar-refractivity contribution in [2.24, 2.45) is 0 Å². The van der Waals surface area contributed by atoms with Crippen LogP contribution in [0.4, 0.5) is 14.5 Å². The fraction of sp³-hybridized carbons (Fsp3) is 0.250. The van der Waals surface area contributed by atoms with Crippen LogP contribution in [-0.4, -0.2) is 18.1 Å². The number of rotatable bonds is 2. The van der Waals surface area contributed by atoms with Crippen molar-refractivity contribution in [3.8, 4) is 0 Å². The molecule has 1 aromatic rings. The minimum Gasteiger partial charge on any atom is -0.465 e. The number of anilines is 1. The third-order valence-electron chi connectivity index (χ3n) is 1.55. The van der Waals surface area contributed by atoms with Gasteiger partial charge in [-0.1, -0.05) is 0 Å². The number of nitrogens with two attached hydrogens (primary N) is 1. The maximum absolute atomic E-state index is 12.3. The Morgan fingerprint density at radius 3 is 2.79 bits per heavy atom. The second kappa shape index (κ2) is 3.99. The van der Waals surface area contributed by atoms with Crippen LogP contribution in [0.3, 0.4) is 0 Å². The van der Waals surface area contributed by atoms with Gasteiger partial charge in [-0.25, -0.2) is 13.6 Å². The molecule has 4 nitrogen and oxygen atoms in total. The quantitative estimate of drug-likeness (QED) is 0.736. The topological polar surface area (TPSA) is 65.2 Å². The van der Waals surface area contributed by atoms with Gasteiger partial charge in [0.25, 0.3) is 6.43 Å². The molecule has 0 aliphatic carbocycles. The number of nitrogen functional groups attached to an aromatic ring is 1. The van der Waals surface area contributed by atoms with Crippen molar-refractivity contribution in [3.05, 3.63) is 23.5 Å². The average Bonchev–Trinajstić information content (AvgIpc) is 2.16. The van der Waals surface area contributed by atoms with Gasteiger partial charge < -0.3 is 10.5 Å². The largest absolute Gasteiger partial charge is 0.465 e. The SMILES string of the molecule is COC(=O)c1cc(N)cnc1C(F)F. The molecular weight excluding hydrogens is 194 g/mol. The number of carbonyl (C=O) groups is 1. The lowest BCUT2D eigenvalue weighted by molar-refractivity contribution is 0.0587. The van der Waals surface area contributed by atoms with Crippen molar-refractivity contribution in [2.75, 3.05) is 12.8 Å². The lowest BCUT2D eigenvalue weighted by Crippen LogP contribution is -2.09. The molecule has 0 aliphatic rings. The van der Waals surface area contributed by atoms with Gasteiger partial charge in [0.1, 0.15) is 5.69 Å². The van der Waals surface area contributed by atoms with Crippen molar-refractivity contribution >= 4 is 11.7 Å². The van der Waals surface area contributed by atoms with Crippen LogP contribution in [0.5, 0.6) is 0 Å². The zero-order valence-corrected chi connectivity index (χ0v) is 7.33. The van der Waals surface area contributed by atoms with Gasteiger partial charge in [-0.3, -0.25) is 4.98 Å². The van der Waals surface area contributed by atoms with Crippen molar-refractivity contribution in [3.63, 3.8) is 0 Å². The number of alkyl halides is 2. The Labute approximate surface area is 78.7 Å². The summed E-state index contributed by atoms with van der Waals surface area (Å²) >= 11 is 0. The third-order valence-corrected chi connectivity index (χ3v) is 1.55. The number of hydrogen-bond acceptors (Lipinski definition) is 4. The maximum Gasteiger partial charge on any atom is 0.340 e. The lowest BCUT2D eigenvalue weighted by atomic mass is 10.2. The first kappa shape index (κ1) is 10.4. The van der Waals surface area contributed by atoms with E-state index in [1.165, 1.54) is 0 Å². The van der Waals surface area contributed by atoms with Crippen LogP contribution < -0.4 is 5.73 Å². The van der Waals surface area contributed by atoms with E-state index in [9.17, 15) is 13.6 Å². The van der Waals surface area contributed by atoms with E-state index in [0.29, 0.717) is 0 Å². The van der Waals surface area contributed by atoms with E-state index in [1.807, 2.05) is 0 Å². The second-order valence-corrected chi connectivity index (χ2v) is 2.49. The number of halogens is 2. The molecule has 1 heterocycles. The normalized spacial score (nSPS) is 10.3. The molecule has 0 amide bonds. The highest BCUT2D eigenvalue weighted by Crippen LogP contribution is 2.22. The van der Waals surface area contributed by atoms with Crippen molar-refractivity contribution in [2.45, 2.75) is 6.43 Å². The molecule has 0 aliphatic heterocycles. The summed E-state index contributed by atoms with van der Waals surface area (Å²) in [7, 11) is 1.10. The lowest BCUT2D eigenvalue weighted by Gasteiger charge is -2.06. The summed E-state index contributed by atoms with van der Waals surface area (Å²) in [5.41, 5.74) is 4.52. The van der Waals surface area contributed by atoms with Crippen LogP contribution in [0.1, 0.15) is 22.5 Å². The van der Waals surface area contributed by atoms with E-state index < -0.39 is 18.1 Å². The fourth-order valence-corrected chi connectivity index (χ4v) is 0.939. The molecule has 0 saturated carbocycles. The van der Waals surface area contributed by atoms with Crippen LogP contribution in [0.15, 0.2) is 12.3 Å². The molecule has 6 heteroatoms. The summed E-state index contributed by atoms with van der Waals surface area (Å²) in [5, 5.41) is 0. The van der Waals surface area contributed by atoms with Crippen molar-refractivity contribution in [1.29, 1.82) is 0 Å². The van der Waals surface area contributed by atoms with Gasteiger partial charge in [0.05, 0.1) is 24.6 Å². The zero-order valence-electron chi connectivity index (χ0n) is 7.33. The van der Waals surface area contributed by atoms with Gasteiger partial charge in [0, 0.05) is 0 Å². The Kier molecular flexibility index (Phi) is 2.95. The van der Waals surface area contributed by atoms with Gasteiger partial charge in [-0.2, -0.15) is 0 Å². The summed E-state index contributed by atoms with van der Waals surface area (Å²) in [6, 6.07) is 1.11. The molecule has 14 heavy (non-hydrogen) atoms. The number of aromatic nitrogens is 1. The molecular formula is C8H8F2N2O2. The molecule has 0 radical (unpaired) electrons. The number of nitrogens with zero attached hydrogens (tertiary/aromatic N) is 1. The third kappa shape index (κ3) is 1.95. The Morgan fingerprint density at radius 1 is 1.64 bits per heavy atom. The van der Waals surface area contributed by atoms with Gasteiger partial charge in [-0.15, -0.1) is 0 Å². The summed E-state index contributed by atoms with van der Waals surface area (Å²) < 4.78 is 29.0. The van der Waals surface area contributed by atoms with Gasteiger partial charge in [0.15, 0.2) is 0 Å². The Balaban J connectivity index is 3.22. The van der Waals surface area contributed by atoms with Gasteiger partial charge >= 0.3 is 5.97 Å². The molecule has 0 spiro atoms. The van der Waals surface area contributed by atoms with E-state index in [4.69, 9.17) is 5.73 Å². The van der Waals surface area contributed by atoms with Crippen LogP contribution in [-0.2, 0) is 4.74 Å². The van der Waals surface area contributed by atoms with Crippen molar-refractivity contribution in [1.82, 2.24) is 4.98 Å². The van der Waals surface area contributed by atoms with E-state index in [2.05, 4.69) is 9.72 Å². The molecule has 76 valence electrons. The second-order valence-electron chi connectivity index (χ2n) is 2.49.